The lowest BCUT2D eigenvalue weighted by atomic mass is 10.1. The van der Waals surface area contributed by atoms with E-state index in [0.717, 1.165) is 0 Å². The zero-order chi connectivity index (χ0) is 9.56. The van der Waals surface area contributed by atoms with E-state index < -0.39 is 8.60 Å². The molecule has 0 atom stereocenters. The third-order valence-electron chi connectivity index (χ3n) is 1.43. The van der Waals surface area contributed by atoms with Crippen molar-refractivity contribution in [3.05, 3.63) is 35.4 Å². The van der Waals surface area contributed by atoms with Crippen LogP contribution in [-0.2, 0) is 0 Å². The van der Waals surface area contributed by atoms with Crippen LogP contribution >= 0.6 is 8.60 Å². The summed E-state index contributed by atoms with van der Waals surface area (Å²) in [5, 5.41) is 0. The van der Waals surface area contributed by atoms with Gasteiger partial charge in [0.05, 0.1) is 0 Å². The van der Waals surface area contributed by atoms with Gasteiger partial charge in [-0.3, -0.25) is 0 Å². The Morgan fingerprint density at radius 1 is 0.917 bits per heavy atom. The Labute approximate surface area is 73.3 Å². The smallest absolute Gasteiger partial charge is 0.324 e. The van der Waals surface area contributed by atoms with Crippen molar-refractivity contribution in [2.45, 2.75) is 13.8 Å². The maximum Gasteiger partial charge on any atom is 0.324 e. The monoisotopic (exact) mass is 188 g/mol. The first-order valence-corrected chi connectivity index (χ1v) is 4.63. The average Bonchev–Trinajstić information content (AvgIpc) is 1.94. The van der Waals surface area contributed by atoms with Crippen molar-refractivity contribution in [1.29, 1.82) is 0 Å². The molecule has 0 saturated carbocycles. The van der Waals surface area contributed by atoms with Crippen molar-refractivity contribution in [3.8, 4) is 0 Å². The first-order chi connectivity index (χ1) is 5.54. The molecule has 0 unspecified atom stereocenters. The molecular formula is C8H13O3P. The Hall–Kier alpha value is -0.470. The Morgan fingerprint density at radius 3 is 1.33 bits per heavy atom. The summed E-state index contributed by atoms with van der Waals surface area (Å²) in [6.45, 7) is 4.24. The van der Waals surface area contributed by atoms with Crippen LogP contribution in [-0.4, -0.2) is 14.7 Å². The summed E-state index contributed by atoms with van der Waals surface area (Å²) in [6.07, 6.45) is 0. The molecule has 4 heteroatoms. The van der Waals surface area contributed by atoms with Crippen molar-refractivity contribution in [2.24, 2.45) is 0 Å². The van der Waals surface area contributed by atoms with E-state index in [1.165, 1.54) is 11.1 Å². The van der Waals surface area contributed by atoms with E-state index in [-0.39, 0.29) is 0 Å². The van der Waals surface area contributed by atoms with E-state index in [2.05, 4.69) is 38.1 Å². The fraction of sp³-hybridized carbons (Fsp3) is 0.250. The van der Waals surface area contributed by atoms with Crippen molar-refractivity contribution in [3.63, 3.8) is 0 Å². The Kier molecular flexibility index (Phi) is 5.85. The average molecular weight is 188 g/mol. The second-order valence-corrected chi connectivity index (χ2v) is 2.89. The first-order valence-electron chi connectivity index (χ1n) is 3.43. The number of hydrogen-bond donors (Lipinski definition) is 3. The molecule has 0 radical (unpaired) electrons. The second kappa shape index (κ2) is 6.09. The maximum absolute atomic E-state index is 7.23. The van der Waals surface area contributed by atoms with E-state index >= 15 is 0 Å². The van der Waals surface area contributed by atoms with Crippen molar-refractivity contribution in [2.75, 3.05) is 0 Å². The predicted octanol–water partition coefficient (Wildman–Crippen LogP) is 1.49. The lowest BCUT2D eigenvalue weighted by molar-refractivity contribution is 0.368. The molecule has 0 aromatic heterocycles. The lowest BCUT2D eigenvalue weighted by Gasteiger charge is -1.93. The van der Waals surface area contributed by atoms with Gasteiger partial charge in [0, 0.05) is 0 Å². The van der Waals surface area contributed by atoms with Crippen LogP contribution in [0.1, 0.15) is 11.1 Å². The van der Waals surface area contributed by atoms with Gasteiger partial charge in [0.1, 0.15) is 0 Å². The van der Waals surface area contributed by atoms with Gasteiger partial charge in [0.25, 0.3) is 0 Å². The molecule has 0 fully saturated rings. The molecule has 12 heavy (non-hydrogen) atoms. The van der Waals surface area contributed by atoms with Gasteiger partial charge in [-0.2, -0.15) is 0 Å². The van der Waals surface area contributed by atoms with Gasteiger partial charge in [-0.1, -0.05) is 24.3 Å². The third-order valence-corrected chi connectivity index (χ3v) is 1.43. The topological polar surface area (TPSA) is 60.7 Å². The Balaban J connectivity index is 0.000000261. The van der Waals surface area contributed by atoms with Gasteiger partial charge in [-0.25, -0.2) is 0 Å². The van der Waals surface area contributed by atoms with Gasteiger partial charge in [-0.05, 0) is 25.0 Å². The van der Waals surface area contributed by atoms with Crippen LogP contribution in [0.15, 0.2) is 24.3 Å². The van der Waals surface area contributed by atoms with E-state index in [0.29, 0.717) is 0 Å². The zero-order valence-corrected chi connectivity index (χ0v) is 7.99. The first kappa shape index (κ1) is 11.5. The molecule has 1 aromatic carbocycles. The molecule has 0 spiro atoms. The van der Waals surface area contributed by atoms with E-state index in [9.17, 15) is 0 Å². The molecule has 0 bridgehead atoms. The van der Waals surface area contributed by atoms with E-state index in [4.69, 9.17) is 14.7 Å². The standard InChI is InChI=1S/C8H10.H3O3P/c1-7-5-3-4-6-8(7)2;1-4(2)3/h3-6H,1-2H3;1-3H. The van der Waals surface area contributed by atoms with Crippen LogP contribution in [0.25, 0.3) is 0 Å². The van der Waals surface area contributed by atoms with E-state index in [1.54, 1.807) is 0 Å². The zero-order valence-electron chi connectivity index (χ0n) is 7.10. The number of benzene rings is 1. The molecule has 68 valence electrons. The third kappa shape index (κ3) is 6.25. The minimum Gasteiger partial charge on any atom is -0.328 e. The molecule has 0 amide bonds. The van der Waals surface area contributed by atoms with Crippen LogP contribution in [0.2, 0.25) is 0 Å². The van der Waals surface area contributed by atoms with Gasteiger partial charge < -0.3 is 14.7 Å². The quantitative estimate of drug-likeness (QED) is 0.540. The van der Waals surface area contributed by atoms with Crippen LogP contribution < -0.4 is 0 Å². The molecule has 3 N–H and O–H groups in total. The number of aryl methyl sites for hydroxylation is 2. The number of rotatable bonds is 0. The van der Waals surface area contributed by atoms with Gasteiger partial charge >= 0.3 is 8.60 Å². The fourth-order valence-electron chi connectivity index (χ4n) is 0.663. The summed E-state index contributed by atoms with van der Waals surface area (Å²) in [5.74, 6) is 0. The molecule has 3 nitrogen and oxygen atoms in total. The number of hydrogen-bond acceptors (Lipinski definition) is 3. The Bertz CT molecular complexity index is 202. The molecule has 1 aromatic rings. The predicted molar refractivity (Wildman–Crippen MR) is 49.5 cm³/mol. The summed E-state index contributed by atoms with van der Waals surface area (Å²) < 4.78 is 0. The van der Waals surface area contributed by atoms with Crippen molar-refractivity contribution >= 4 is 8.60 Å². The molecule has 0 aliphatic rings. The molecule has 1 rings (SSSR count). The highest BCUT2D eigenvalue weighted by Gasteiger charge is 1.83. The van der Waals surface area contributed by atoms with Gasteiger partial charge in [0.2, 0.25) is 0 Å². The fourth-order valence-corrected chi connectivity index (χ4v) is 0.663. The highest BCUT2D eigenvalue weighted by molar-refractivity contribution is 7.38. The highest BCUT2D eigenvalue weighted by Crippen LogP contribution is 2.11. The summed E-state index contributed by atoms with van der Waals surface area (Å²) in [4.78, 5) is 21.7. The van der Waals surface area contributed by atoms with Gasteiger partial charge in [-0.15, -0.1) is 0 Å². The van der Waals surface area contributed by atoms with Crippen molar-refractivity contribution in [1.82, 2.24) is 0 Å². The van der Waals surface area contributed by atoms with Crippen molar-refractivity contribution < 1.29 is 14.7 Å². The molecule has 0 aliphatic heterocycles. The SMILES string of the molecule is Cc1ccccc1C.OP(O)O. The van der Waals surface area contributed by atoms with Gasteiger partial charge in [0.15, 0.2) is 0 Å². The minimum atomic E-state index is -2.62. The lowest BCUT2D eigenvalue weighted by Crippen LogP contribution is -1.74. The van der Waals surface area contributed by atoms with E-state index in [1.807, 2.05) is 0 Å². The largest absolute Gasteiger partial charge is 0.328 e. The highest BCUT2D eigenvalue weighted by atomic mass is 31.2. The molecule has 0 heterocycles. The maximum atomic E-state index is 7.23. The minimum absolute atomic E-state index is 1.37. The summed E-state index contributed by atoms with van der Waals surface area (Å²) in [7, 11) is -2.62. The summed E-state index contributed by atoms with van der Waals surface area (Å²) in [5.41, 5.74) is 2.74. The van der Waals surface area contributed by atoms with Crippen LogP contribution in [0.3, 0.4) is 0 Å². The molecular weight excluding hydrogens is 175 g/mol. The van der Waals surface area contributed by atoms with Crippen LogP contribution in [0.5, 0.6) is 0 Å². The second-order valence-electron chi connectivity index (χ2n) is 2.35. The Morgan fingerprint density at radius 2 is 1.17 bits per heavy atom. The molecule has 0 saturated heterocycles. The van der Waals surface area contributed by atoms with Crippen LogP contribution in [0.4, 0.5) is 0 Å². The van der Waals surface area contributed by atoms with Crippen LogP contribution in [0, 0.1) is 13.8 Å². The normalized spacial score (nSPS) is 9.17. The summed E-state index contributed by atoms with van der Waals surface area (Å²) in [6, 6.07) is 8.36. The summed E-state index contributed by atoms with van der Waals surface area (Å²) >= 11 is 0. The molecule has 0 aliphatic carbocycles.